The first-order chi connectivity index (χ1) is 9.11. The molecule has 8 heteroatoms. The molecule has 0 saturated heterocycles. The van der Waals surface area contributed by atoms with Gasteiger partial charge in [0.2, 0.25) is 5.95 Å². The summed E-state index contributed by atoms with van der Waals surface area (Å²) >= 11 is 11.7. The van der Waals surface area contributed by atoms with Gasteiger partial charge in [-0.05, 0) is 35.0 Å². The number of nitrogens with one attached hydrogen (secondary N) is 1. The maximum absolute atomic E-state index is 12.1. The minimum absolute atomic E-state index is 0.277. The van der Waals surface area contributed by atoms with Gasteiger partial charge < -0.3 is 0 Å². The predicted octanol–water partition coefficient (Wildman–Crippen LogP) is 2.64. The molecule has 0 bridgehead atoms. The number of aromatic nitrogens is 4. The number of hydrogen-bond acceptors (Lipinski definition) is 4. The summed E-state index contributed by atoms with van der Waals surface area (Å²) in [5.74, 6) is -0.0910. The number of carbonyl (C=O) groups is 1. The van der Waals surface area contributed by atoms with Gasteiger partial charge in [0.1, 0.15) is 0 Å². The highest BCUT2D eigenvalue weighted by molar-refractivity contribution is 6.37. The van der Waals surface area contributed by atoms with Crippen molar-refractivity contribution in [1.29, 1.82) is 0 Å². The Morgan fingerprint density at radius 2 is 2.21 bits per heavy atom. The summed E-state index contributed by atoms with van der Waals surface area (Å²) in [5, 5.41) is 14.4. The molecule has 1 aromatic heterocycles. The van der Waals surface area contributed by atoms with Crippen LogP contribution < -0.4 is 5.32 Å². The van der Waals surface area contributed by atoms with Gasteiger partial charge >= 0.3 is 0 Å². The Kier molecular flexibility index (Phi) is 4.34. The Labute approximate surface area is 119 Å². The summed E-state index contributed by atoms with van der Waals surface area (Å²) in [5.41, 5.74) is 0.317. The van der Waals surface area contributed by atoms with Gasteiger partial charge in [-0.15, -0.1) is 0 Å². The molecule has 1 N–H and O–H groups in total. The van der Waals surface area contributed by atoms with Gasteiger partial charge in [-0.3, -0.25) is 10.1 Å². The van der Waals surface area contributed by atoms with Gasteiger partial charge in [-0.1, -0.05) is 35.2 Å². The molecule has 0 aliphatic rings. The Balaban J connectivity index is 2.18. The minimum atomic E-state index is -0.381. The number of aryl methyl sites for hydroxylation is 1. The van der Waals surface area contributed by atoms with Crippen LogP contribution in [0.15, 0.2) is 18.2 Å². The summed E-state index contributed by atoms with van der Waals surface area (Å²) in [6.07, 6.45) is 0.857. The van der Waals surface area contributed by atoms with Crippen LogP contribution in [0.5, 0.6) is 0 Å². The van der Waals surface area contributed by atoms with Crippen molar-refractivity contribution in [3.05, 3.63) is 33.8 Å². The van der Waals surface area contributed by atoms with Crippen LogP contribution in [-0.2, 0) is 6.54 Å². The number of amides is 1. The zero-order valence-electron chi connectivity index (χ0n) is 10.1. The minimum Gasteiger partial charge on any atom is -0.289 e. The summed E-state index contributed by atoms with van der Waals surface area (Å²) < 4.78 is 1.52. The molecule has 19 heavy (non-hydrogen) atoms. The fraction of sp³-hybridized carbons (Fsp3) is 0.273. The lowest BCUT2D eigenvalue weighted by Gasteiger charge is -2.06. The van der Waals surface area contributed by atoms with E-state index in [1.165, 1.54) is 10.7 Å². The van der Waals surface area contributed by atoms with Crippen LogP contribution in [0, 0.1) is 0 Å². The summed E-state index contributed by atoms with van der Waals surface area (Å²) in [6, 6.07) is 4.65. The van der Waals surface area contributed by atoms with Gasteiger partial charge in [0, 0.05) is 11.6 Å². The second-order valence-corrected chi connectivity index (χ2v) is 4.65. The molecular weight excluding hydrogens is 289 g/mol. The van der Waals surface area contributed by atoms with Crippen molar-refractivity contribution in [2.45, 2.75) is 19.9 Å². The first-order valence-electron chi connectivity index (χ1n) is 5.64. The Hall–Kier alpha value is -1.66. The van der Waals surface area contributed by atoms with Crippen LogP contribution in [0.3, 0.4) is 0 Å². The van der Waals surface area contributed by atoms with E-state index in [0.717, 1.165) is 6.42 Å². The molecule has 1 aromatic carbocycles. The van der Waals surface area contributed by atoms with Crippen LogP contribution >= 0.6 is 23.2 Å². The van der Waals surface area contributed by atoms with E-state index in [1.807, 2.05) is 6.92 Å². The molecule has 0 unspecified atom stereocenters. The third-order valence-corrected chi connectivity index (χ3v) is 2.92. The van der Waals surface area contributed by atoms with Crippen LogP contribution in [0.25, 0.3) is 0 Å². The number of tetrazole rings is 1. The number of anilines is 1. The van der Waals surface area contributed by atoms with E-state index >= 15 is 0 Å². The molecule has 2 rings (SSSR count). The predicted molar refractivity (Wildman–Crippen MR) is 72.5 cm³/mol. The van der Waals surface area contributed by atoms with Crippen molar-refractivity contribution >= 4 is 35.1 Å². The quantitative estimate of drug-likeness (QED) is 0.942. The number of hydrogen-bond donors (Lipinski definition) is 1. The average Bonchev–Trinajstić information content (AvgIpc) is 2.77. The number of halogens is 2. The average molecular weight is 300 g/mol. The lowest BCUT2D eigenvalue weighted by atomic mass is 10.2. The van der Waals surface area contributed by atoms with E-state index in [0.29, 0.717) is 17.1 Å². The zero-order chi connectivity index (χ0) is 13.8. The van der Waals surface area contributed by atoms with E-state index in [4.69, 9.17) is 23.2 Å². The second kappa shape index (κ2) is 5.99. The smallest absolute Gasteiger partial charge is 0.259 e. The van der Waals surface area contributed by atoms with Gasteiger partial charge in [-0.2, -0.15) is 0 Å². The van der Waals surface area contributed by atoms with E-state index in [1.54, 1.807) is 12.1 Å². The first kappa shape index (κ1) is 13.8. The van der Waals surface area contributed by atoms with Crippen molar-refractivity contribution in [1.82, 2.24) is 20.2 Å². The zero-order valence-corrected chi connectivity index (χ0v) is 11.6. The van der Waals surface area contributed by atoms with Gasteiger partial charge in [0.25, 0.3) is 5.91 Å². The molecule has 0 radical (unpaired) electrons. The van der Waals surface area contributed by atoms with Crippen molar-refractivity contribution in [2.75, 3.05) is 5.32 Å². The molecule has 0 aliphatic carbocycles. The molecule has 6 nitrogen and oxygen atoms in total. The fourth-order valence-corrected chi connectivity index (χ4v) is 1.99. The monoisotopic (exact) mass is 299 g/mol. The van der Waals surface area contributed by atoms with E-state index in [2.05, 4.69) is 20.8 Å². The van der Waals surface area contributed by atoms with E-state index in [9.17, 15) is 4.79 Å². The lowest BCUT2D eigenvalue weighted by molar-refractivity contribution is 0.102. The standard InChI is InChI=1S/C11H11Cl2N5O/c1-2-5-18-11(15-16-17-18)14-10(19)8-4-3-7(12)6-9(8)13/h3-4,6H,2,5H2,1H3,(H,14,15,17,19). The molecule has 0 aliphatic heterocycles. The second-order valence-electron chi connectivity index (χ2n) is 3.80. The molecule has 2 aromatic rings. The first-order valence-corrected chi connectivity index (χ1v) is 6.40. The van der Waals surface area contributed by atoms with Gasteiger partial charge in [0.05, 0.1) is 10.6 Å². The number of carbonyl (C=O) groups excluding carboxylic acids is 1. The van der Waals surface area contributed by atoms with Crippen LogP contribution in [0.1, 0.15) is 23.7 Å². The molecule has 1 heterocycles. The number of rotatable bonds is 4. The molecular formula is C11H11Cl2N5O. The Bertz CT molecular complexity index is 599. The van der Waals surface area contributed by atoms with E-state index in [-0.39, 0.29) is 16.9 Å². The number of benzene rings is 1. The van der Waals surface area contributed by atoms with Crippen LogP contribution in [0.4, 0.5) is 5.95 Å². The molecule has 0 saturated carbocycles. The molecule has 0 fully saturated rings. The highest BCUT2D eigenvalue weighted by atomic mass is 35.5. The van der Waals surface area contributed by atoms with E-state index < -0.39 is 0 Å². The molecule has 0 atom stereocenters. The summed E-state index contributed by atoms with van der Waals surface area (Å²) in [6.45, 7) is 2.61. The molecule has 100 valence electrons. The van der Waals surface area contributed by atoms with Crippen molar-refractivity contribution in [2.24, 2.45) is 0 Å². The largest absolute Gasteiger partial charge is 0.289 e. The van der Waals surface area contributed by atoms with Crippen molar-refractivity contribution < 1.29 is 4.79 Å². The Morgan fingerprint density at radius 1 is 1.42 bits per heavy atom. The third kappa shape index (κ3) is 3.21. The maximum Gasteiger partial charge on any atom is 0.259 e. The van der Waals surface area contributed by atoms with Crippen molar-refractivity contribution in [3.63, 3.8) is 0 Å². The SMILES string of the molecule is CCCn1nnnc1NC(=O)c1ccc(Cl)cc1Cl. The van der Waals surface area contributed by atoms with Crippen molar-refractivity contribution in [3.8, 4) is 0 Å². The normalized spacial score (nSPS) is 10.5. The maximum atomic E-state index is 12.1. The number of nitrogens with zero attached hydrogens (tertiary/aromatic N) is 4. The Morgan fingerprint density at radius 3 is 2.89 bits per heavy atom. The highest BCUT2D eigenvalue weighted by Gasteiger charge is 2.14. The molecule has 0 spiro atoms. The topological polar surface area (TPSA) is 72.7 Å². The molecule has 1 amide bonds. The van der Waals surface area contributed by atoms with Crippen LogP contribution in [-0.4, -0.2) is 26.1 Å². The lowest BCUT2D eigenvalue weighted by Crippen LogP contribution is -2.17. The summed E-state index contributed by atoms with van der Waals surface area (Å²) in [4.78, 5) is 12.1. The fourth-order valence-electron chi connectivity index (χ4n) is 1.50. The van der Waals surface area contributed by atoms with Gasteiger partial charge in [-0.25, -0.2) is 4.68 Å². The highest BCUT2D eigenvalue weighted by Crippen LogP contribution is 2.21. The third-order valence-electron chi connectivity index (χ3n) is 2.37. The van der Waals surface area contributed by atoms with Crippen LogP contribution in [0.2, 0.25) is 10.0 Å². The summed E-state index contributed by atoms with van der Waals surface area (Å²) in [7, 11) is 0. The van der Waals surface area contributed by atoms with Gasteiger partial charge in [0.15, 0.2) is 0 Å².